The van der Waals surface area contributed by atoms with E-state index in [1.165, 1.54) is 65.9 Å². The van der Waals surface area contributed by atoms with Crippen molar-refractivity contribution in [1.29, 1.82) is 0 Å². The molecular formula is C56H50N4. The number of para-hydroxylation sites is 4. The molecule has 0 atom stereocenters. The van der Waals surface area contributed by atoms with E-state index >= 15 is 0 Å². The molecular weight excluding hydrogens is 729 g/mol. The molecule has 0 aliphatic carbocycles. The quantitative estimate of drug-likeness (QED) is 0.174. The summed E-state index contributed by atoms with van der Waals surface area (Å²) in [4.78, 5) is 11.0. The minimum absolute atomic E-state index is 0.122. The van der Waals surface area contributed by atoms with E-state index in [1.807, 2.05) is 0 Å². The Kier molecular flexibility index (Phi) is 8.69. The third kappa shape index (κ3) is 6.13. The Hall–Kier alpha value is -6.78. The van der Waals surface area contributed by atoms with E-state index in [0.29, 0.717) is 0 Å². The van der Waals surface area contributed by atoms with Crippen LogP contribution in [0.2, 0.25) is 0 Å². The third-order valence-electron chi connectivity index (χ3n) is 12.3. The minimum Gasteiger partial charge on any atom is -0.309 e. The number of fused-ring (bicyclic) bond motifs is 6. The smallest absolute Gasteiger partial charge is 0.0894 e. The van der Waals surface area contributed by atoms with Crippen molar-refractivity contribution in [1.82, 2.24) is 19.1 Å². The predicted octanol–water partition coefficient (Wildman–Crippen LogP) is 14.9. The highest BCUT2D eigenvalue weighted by molar-refractivity contribution is 6.10. The van der Waals surface area contributed by atoms with Gasteiger partial charge in [-0.3, -0.25) is 0 Å². The van der Waals surface area contributed by atoms with Crippen LogP contribution in [0.5, 0.6) is 0 Å². The lowest BCUT2D eigenvalue weighted by Gasteiger charge is -2.25. The first kappa shape index (κ1) is 37.5. The van der Waals surface area contributed by atoms with Crippen LogP contribution >= 0.6 is 0 Å². The van der Waals surface area contributed by atoms with Gasteiger partial charge in [-0.2, -0.15) is 0 Å². The minimum atomic E-state index is -0.122. The Morgan fingerprint density at radius 1 is 0.367 bits per heavy atom. The van der Waals surface area contributed by atoms with Gasteiger partial charge in [0.2, 0.25) is 0 Å². The van der Waals surface area contributed by atoms with Gasteiger partial charge in [0, 0.05) is 44.0 Å². The lowest BCUT2D eigenvalue weighted by atomic mass is 9.82. The zero-order valence-corrected chi connectivity index (χ0v) is 35.8. The highest BCUT2D eigenvalue weighted by Crippen LogP contribution is 2.40. The molecule has 10 rings (SSSR count). The SMILES string of the molecule is Cc1cc(-n2c3ccccc3c3ccccc32)ccc1-c1nc(-c2ccc(C(C)(C)C)c(-c3ccc(-n4c5ccccc5c5ccccc54)cc3C)n2)ccc1C(C)(C)C. The molecule has 0 aliphatic heterocycles. The Labute approximate surface area is 352 Å². The Bertz CT molecular complexity index is 2980. The van der Waals surface area contributed by atoms with E-state index in [2.05, 4.69) is 222 Å². The van der Waals surface area contributed by atoms with Crippen molar-refractivity contribution >= 4 is 43.6 Å². The van der Waals surface area contributed by atoms with Crippen molar-refractivity contribution < 1.29 is 0 Å². The van der Waals surface area contributed by atoms with E-state index in [-0.39, 0.29) is 10.8 Å². The van der Waals surface area contributed by atoms with Gasteiger partial charge in [-0.1, -0.05) is 139 Å². The van der Waals surface area contributed by atoms with Gasteiger partial charge in [0.1, 0.15) is 0 Å². The molecule has 4 nitrogen and oxygen atoms in total. The van der Waals surface area contributed by atoms with Gasteiger partial charge in [0.05, 0.1) is 44.8 Å². The first-order chi connectivity index (χ1) is 28.9. The van der Waals surface area contributed by atoms with Crippen LogP contribution in [0.3, 0.4) is 0 Å². The normalized spacial score (nSPS) is 12.3. The molecule has 0 spiro atoms. The van der Waals surface area contributed by atoms with Crippen molar-refractivity contribution in [3.05, 3.63) is 180 Å². The molecule has 0 aliphatic rings. The molecule has 4 heterocycles. The number of hydrogen-bond donors (Lipinski definition) is 0. The molecule has 0 unspecified atom stereocenters. The van der Waals surface area contributed by atoms with Crippen LogP contribution in [0.1, 0.15) is 63.8 Å². The van der Waals surface area contributed by atoms with Crippen LogP contribution in [0.15, 0.2) is 158 Å². The van der Waals surface area contributed by atoms with Gasteiger partial charge < -0.3 is 9.13 Å². The first-order valence-corrected chi connectivity index (χ1v) is 21.1. The summed E-state index contributed by atoms with van der Waals surface area (Å²) in [6.45, 7) is 18.1. The molecule has 0 saturated carbocycles. The van der Waals surface area contributed by atoms with Crippen molar-refractivity contribution in [3.63, 3.8) is 0 Å². The van der Waals surface area contributed by atoms with Gasteiger partial charge >= 0.3 is 0 Å². The van der Waals surface area contributed by atoms with Gasteiger partial charge in [0.25, 0.3) is 0 Å². The summed E-state index contributed by atoms with van der Waals surface area (Å²) >= 11 is 0. The summed E-state index contributed by atoms with van der Waals surface area (Å²) in [5, 5.41) is 5.05. The Balaban J connectivity index is 1.09. The van der Waals surface area contributed by atoms with Gasteiger partial charge in [-0.05, 0) is 108 Å². The molecule has 0 N–H and O–H groups in total. The molecule has 4 aromatic heterocycles. The highest BCUT2D eigenvalue weighted by atomic mass is 15.0. The van der Waals surface area contributed by atoms with Gasteiger partial charge in [-0.15, -0.1) is 0 Å². The predicted molar refractivity (Wildman–Crippen MR) is 254 cm³/mol. The van der Waals surface area contributed by atoms with E-state index in [0.717, 1.165) is 45.3 Å². The zero-order valence-electron chi connectivity index (χ0n) is 35.8. The average molecular weight is 779 g/mol. The summed E-state index contributed by atoms with van der Waals surface area (Å²) < 4.78 is 4.77. The summed E-state index contributed by atoms with van der Waals surface area (Å²) in [7, 11) is 0. The first-order valence-electron chi connectivity index (χ1n) is 21.1. The Morgan fingerprint density at radius 3 is 0.983 bits per heavy atom. The maximum atomic E-state index is 5.51. The fourth-order valence-electron chi connectivity index (χ4n) is 9.33. The number of aryl methyl sites for hydroxylation is 2. The molecule has 60 heavy (non-hydrogen) atoms. The molecule has 4 heteroatoms. The monoisotopic (exact) mass is 778 g/mol. The summed E-state index contributed by atoms with van der Waals surface area (Å²) in [5.41, 5.74) is 17.7. The molecule has 0 amide bonds. The van der Waals surface area contributed by atoms with E-state index < -0.39 is 0 Å². The molecule has 0 bridgehead atoms. The largest absolute Gasteiger partial charge is 0.309 e. The molecule has 10 aromatic rings. The van der Waals surface area contributed by atoms with Crippen LogP contribution in [-0.4, -0.2) is 19.1 Å². The molecule has 294 valence electrons. The van der Waals surface area contributed by atoms with Crippen molar-refractivity contribution in [3.8, 4) is 45.3 Å². The zero-order chi connectivity index (χ0) is 41.5. The van der Waals surface area contributed by atoms with E-state index in [4.69, 9.17) is 9.97 Å². The van der Waals surface area contributed by atoms with Crippen LogP contribution in [0.25, 0.3) is 88.9 Å². The Morgan fingerprint density at radius 2 is 0.683 bits per heavy atom. The van der Waals surface area contributed by atoms with E-state index in [9.17, 15) is 0 Å². The number of nitrogens with zero attached hydrogens (tertiary/aromatic N) is 4. The van der Waals surface area contributed by atoms with Crippen LogP contribution in [0.4, 0.5) is 0 Å². The summed E-state index contributed by atoms with van der Waals surface area (Å²) in [5.74, 6) is 0. The van der Waals surface area contributed by atoms with Gasteiger partial charge in [-0.25, -0.2) is 9.97 Å². The fraction of sp³-hybridized carbons (Fsp3) is 0.179. The van der Waals surface area contributed by atoms with Crippen LogP contribution in [0, 0.1) is 13.8 Å². The summed E-state index contributed by atoms with van der Waals surface area (Å²) in [6.07, 6.45) is 0. The average Bonchev–Trinajstić information content (AvgIpc) is 3.76. The number of hydrogen-bond acceptors (Lipinski definition) is 2. The standard InChI is InChI=1S/C56H50N4/c1-35-33-37(59-49-21-13-9-17-41(49)42-18-10-14-22-50(42)59)25-27-39(35)53-45(55(3,4)5)29-31-47(57-53)48-32-30-46(56(6,7)8)54(58-48)40-28-26-38(34-36(40)2)60-51-23-15-11-19-43(51)44-20-12-16-24-52(44)60/h9-34H,1-8H3. The third-order valence-corrected chi connectivity index (χ3v) is 12.3. The topological polar surface area (TPSA) is 35.6 Å². The second-order valence-electron chi connectivity index (χ2n) is 18.4. The number of aromatic nitrogens is 4. The second-order valence-corrected chi connectivity index (χ2v) is 18.4. The fourth-order valence-corrected chi connectivity index (χ4v) is 9.33. The van der Waals surface area contributed by atoms with Crippen LogP contribution in [-0.2, 0) is 10.8 Å². The van der Waals surface area contributed by atoms with Gasteiger partial charge in [0.15, 0.2) is 0 Å². The molecule has 0 radical (unpaired) electrons. The molecule has 0 saturated heterocycles. The van der Waals surface area contributed by atoms with Crippen molar-refractivity contribution in [2.24, 2.45) is 0 Å². The maximum absolute atomic E-state index is 5.51. The lowest BCUT2D eigenvalue weighted by Crippen LogP contribution is -2.15. The maximum Gasteiger partial charge on any atom is 0.0894 e. The number of benzene rings is 6. The lowest BCUT2D eigenvalue weighted by molar-refractivity contribution is 0.588. The second kappa shape index (κ2) is 13.9. The van der Waals surface area contributed by atoms with Crippen LogP contribution < -0.4 is 0 Å². The molecule has 6 aromatic carbocycles. The van der Waals surface area contributed by atoms with Crippen molar-refractivity contribution in [2.75, 3.05) is 0 Å². The molecule has 0 fully saturated rings. The van der Waals surface area contributed by atoms with E-state index in [1.54, 1.807) is 0 Å². The highest BCUT2D eigenvalue weighted by Gasteiger charge is 2.26. The van der Waals surface area contributed by atoms with Crippen molar-refractivity contribution in [2.45, 2.75) is 66.2 Å². The summed E-state index contributed by atoms with van der Waals surface area (Å²) in [6, 6.07) is 57.3. The number of pyridine rings is 2. The number of rotatable bonds is 5.